The van der Waals surface area contributed by atoms with Crippen molar-refractivity contribution in [2.45, 2.75) is 47.1 Å². The largest absolute Gasteiger partial charge is 0.368 e. The molecule has 108 valence electrons. The van der Waals surface area contributed by atoms with E-state index in [4.69, 9.17) is 0 Å². The van der Waals surface area contributed by atoms with Gasteiger partial charge in [0.05, 0.1) is 12.0 Å². The predicted octanol–water partition coefficient (Wildman–Crippen LogP) is 2.66. The zero-order valence-corrected chi connectivity index (χ0v) is 12.8. The topological polar surface area (TPSA) is 55.6 Å². The van der Waals surface area contributed by atoms with Gasteiger partial charge in [0.25, 0.3) is 0 Å². The van der Waals surface area contributed by atoms with Gasteiger partial charge in [0.1, 0.15) is 11.6 Å². The van der Waals surface area contributed by atoms with Gasteiger partial charge in [0, 0.05) is 30.5 Å². The van der Waals surface area contributed by atoms with E-state index in [9.17, 15) is 0 Å². The van der Waals surface area contributed by atoms with Crippen LogP contribution in [0.25, 0.3) is 0 Å². The summed E-state index contributed by atoms with van der Waals surface area (Å²) in [5, 5.41) is 3.37. The predicted molar refractivity (Wildman–Crippen MR) is 81.0 cm³/mol. The van der Waals surface area contributed by atoms with Gasteiger partial charge in [-0.25, -0.2) is 15.0 Å². The Kier molecular flexibility index (Phi) is 4.71. The van der Waals surface area contributed by atoms with Crippen molar-refractivity contribution in [3.63, 3.8) is 0 Å². The number of nitrogens with one attached hydrogen (secondary N) is 1. The van der Waals surface area contributed by atoms with E-state index in [1.165, 1.54) is 5.69 Å². The highest BCUT2D eigenvalue weighted by Crippen LogP contribution is 2.09. The van der Waals surface area contributed by atoms with Crippen LogP contribution in [-0.2, 0) is 13.0 Å². The molecule has 0 fully saturated rings. The summed E-state index contributed by atoms with van der Waals surface area (Å²) in [6.45, 7) is 9.94. The molecule has 0 spiro atoms. The third kappa shape index (κ3) is 3.56. The molecule has 1 N–H and O–H groups in total. The van der Waals surface area contributed by atoms with Crippen molar-refractivity contribution in [3.05, 3.63) is 35.3 Å². The van der Waals surface area contributed by atoms with Crippen LogP contribution >= 0.6 is 0 Å². The summed E-state index contributed by atoms with van der Waals surface area (Å²) in [6, 6.07) is 2.04. The van der Waals surface area contributed by atoms with Crippen molar-refractivity contribution in [1.82, 2.24) is 19.5 Å². The van der Waals surface area contributed by atoms with Crippen LogP contribution in [0.3, 0.4) is 0 Å². The number of hydrogen-bond donors (Lipinski definition) is 1. The minimum Gasteiger partial charge on any atom is -0.368 e. The van der Waals surface area contributed by atoms with Crippen molar-refractivity contribution in [1.29, 1.82) is 0 Å². The molecular weight excluding hydrogens is 250 g/mol. The van der Waals surface area contributed by atoms with Crippen LogP contribution in [0.5, 0.6) is 0 Å². The number of anilines is 1. The molecule has 0 bridgehead atoms. The summed E-state index contributed by atoms with van der Waals surface area (Å²) in [6.07, 6.45) is 3.99. The van der Waals surface area contributed by atoms with Crippen molar-refractivity contribution in [3.8, 4) is 0 Å². The summed E-state index contributed by atoms with van der Waals surface area (Å²) < 4.78 is 2.16. The standard InChI is InChI=1S/C15H23N5/c1-5-6-14-9-15(19-13(4)18-14)16-7-8-20-10-17-11(2)12(20)3/h9-10H,5-8H2,1-4H3,(H,16,18,19). The maximum absolute atomic E-state index is 4.44. The normalized spacial score (nSPS) is 10.8. The summed E-state index contributed by atoms with van der Waals surface area (Å²) in [5.41, 5.74) is 3.42. The fourth-order valence-corrected chi connectivity index (χ4v) is 2.18. The Morgan fingerprint density at radius 1 is 1.20 bits per heavy atom. The highest BCUT2D eigenvalue weighted by atomic mass is 15.1. The second kappa shape index (κ2) is 6.50. The molecular formula is C15H23N5. The van der Waals surface area contributed by atoms with Crippen molar-refractivity contribution < 1.29 is 0 Å². The molecule has 0 unspecified atom stereocenters. The lowest BCUT2D eigenvalue weighted by Gasteiger charge is -2.10. The Morgan fingerprint density at radius 3 is 2.65 bits per heavy atom. The van der Waals surface area contributed by atoms with E-state index in [1.54, 1.807) is 0 Å². The van der Waals surface area contributed by atoms with Crippen LogP contribution in [0.4, 0.5) is 5.82 Å². The van der Waals surface area contributed by atoms with Gasteiger partial charge in [-0.2, -0.15) is 0 Å². The summed E-state index contributed by atoms with van der Waals surface area (Å²) >= 11 is 0. The van der Waals surface area contributed by atoms with Gasteiger partial charge in [-0.05, 0) is 27.2 Å². The Labute approximate surface area is 120 Å². The molecule has 0 aliphatic carbocycles. The first-order chi connectivity index (χ1) is 9.60. The third-order valence-corrected chi connectivity index (χ3v) is 3.40. The van der Waals surface area contributed by atoms with Crippen LogP contribution in [-0.4, -0.2) is 26.1 Å². The summed E-state index contributed by atoms with van der Waals surface area (Å²) in [7, 11) is 0. The van der Waals surface area contributed by atoms with E-state index in [2.05, 4.69) is 38.7 Å². The van der Waals surface area contributed by atoms with Gasteiger partial charge >= 0.3 is 0 Å². The maximum Gasteiger partial charge on any atom is 0.129 e. The number of hydrogen-bond acceptors (Lipinski definition) is 4. The molecule has 0 aliphatic heterocycles. The fraction of sp³-hybridized carbons (Fsp3) is 0.533. The van der Waals surface area contributed by atoms with Crippen LogP contribution in [0, 0.1) is 20.8 Å². The minimum absolute atomic E-state index is 0.827. The van der Waals surface area contributed by atoms with Gasteiger partial charge in [-0.15, -0.1) is 0 Å². The first kappa shape index (κ1) is 14.5. The van der Waals surface area contributed by atoms with Gasteiger partial charge in [0.2, 0.25) is 0 Å². The zero-order valence-electron chi connectivity index (χ0n) is 12.8. The van der Waals surface area contributed by atoms with E-state index in [-0.39, 0.29) is 0 Å². The van der Waals surface area contributed by atoms with Crippen LogP contribution in [0.2, 0.25) is 0 Å². The molecule has 2 aromatic heterocycles. The smallest absolute Gasteiger partial charge is 0.129 e. The van der Waals surface area contributed by atoms with Crippen molar-refractivity contribution in [2.75, 3.05) is 11.9 Å². The van der Waals surface area contributed by atoms with E-state index in [0.717, 1.165) is 49.0 Å². The Bertz CT molecular complexity index is 574. The average molecular weight is 273 g/mol. The molecule has 2 heterocycles. The molecule has 5 nitrogen and oxygen atoms in total. The maximum atomic E-state index is 4.44. The molecule has 0 amide bonds. The van der Waals surface area contributed by atoms with Gasteiger partial charge in [-0.3, -0.25) is 0 Å². The first-order valence-corrected chi connectivity index (χ1v) is 7.17. The van der Waals surface area contributed by atoms with E-state index in [1.807, 2.05) is 26.2 Å². The van der Waals surface area contributed by atoms with Crippen LogP contribution in [0.15, 0.2) is 12.4 Å². The second-order valence-electron chi connectivity index (χ2n) is 5.08. The van der Waals surface area contributed by atoms with Crippen molar-refractivity contribution >= 4 is 5.82 Å². The van der Waals surface area contributed by atoms with E-state index < -0.39 is 0 Å². The number of nitrogens with zero attached hydrogens (tertiary/aromatic N) is 4. The average Bonchev–Trinajstić information content (AvgIpc) is 2.70. The summed E-state index contributed by atoms with van der Waals surface area (Å²) in [4.78, 5) is 13.2. The van der Waals surface area contributed by atoms with E-state index >= 15 is 0 Å². The molecule has 20 heavy (non-hydrogen) atoms. The lowest BCUT2D eigenvalue weighted by atomic mass is 10.2. The minimum atomic E-state index is 0.827. The molecule has 0 radical (unpaired) electrons. The zero-order chi connectivity index (χ0) is 14.5. The number of rotatable bonds is 6. The van der Waals surface area contributed by atoms with Crippen LogP contribution in [0.1, 0.15) is 36.3 Å². The molecule has 2 rings (SSSR count). The lowest BCUT2D eigenvalue weighted by Crippen LogP contribution is -2.12. The summed E-state index contributed by atoms with van der Waals surface area (Å²) in [5.74, 6) is 1.74. The van der Waals surface area contributed by atoms with Crippen molar-refractivity contribution in [2.24, 2.45) is 0 Å². The number of aryl methyl sites for hydroxylation is 3. The molecule has 0 atom stereocenters. The molecule has 0 aliphatic rings. The Hall–Kier alpha value is -1.91. The first-order valence-electron chi connectivity index (χ1n) is 7.17. The third-order valence-electron chi connectivity index (χ3n) is 3.40. The molecule has 2 aromatic rings. The Balaban J connectivity index is 1.95. The second-order valence-corrected chi connectivity index (χ2v) is 5.08. The van der Waals surface area contributed by atoms with E-state index in [0.29, 0.717) is 0 Å². The van der Waals surface area contributed by atoms with Crippen LogP contribution < -0.4 is 5.32 Å². The molecule has 5 heteroatoms. The fourth-order valence-electron chi connectivity index (χ4n) is 2.18. The number of imidazole rings is 1. The van der Waals surface area contributed by atoms with Gasteiger partial charge in [0.15, 0.2) is 0 Å². The van der Waals surface area contributed by atoms with Gasteiger partial charge in [-0.1, -0.05) is 13.3 Å². The highest BCUT2D eigenvalue weighted by Gasteiger charge is 2.03. The number of aromatic nitrogens is 4. The lowest BCUT2D eigenvalue weighted by molar-refractivity contribution is 0.703. The monoisotopic (exact) mass is 273 g/mol. The SMILES string of the molecule is CCCc1cc(NCCn2cnc(C)c2C)nc(C)n1. The molecule has 0 saturated heterocycles. The van der Waals surface area contributed by atoms with Gasteiger partial charge < -0.3 is 9.88 Å². The highest BCUT2D eigenvalue weighted by molar-refractivity contribution is 5.36. The molecule has 0 saturated carbocycles. The molecule has 0 aromatic carbocycles. The quantitative estimate of drug-likeness (QED) is 0.879. The Morgan fingerprint density at radius 2 is 2.00 bits per heavy atom.